The molecule has 0 bridgehead atoms. The molecule has 1 atom stereocenters. The molecule has 0 radical (unpaired) electrons. The van der Waals surface area contributed by atoms with Gasteiger partial charge in [-0.3, -0.25) is 0 Å². The molecule has 0 N–H and O–H groups in total. The van der Waals surface area contributed by atoms with E-state index in [1.807, 2.05) is 0 Å². The standard InChI is InChI=1S/C18H36NO/c1-2-3-4-5-6-7-8-9-10-12-15-18-16-13-11-14-17-19(18)20/h18H,2-17H2,1H3/q+1. The Hall–Kier alpha value is -0.400. The molecule has 1 saturated heterocycles. The molecule has 20 heavy (non-hydrogen) atoms. The largest absolute Gasteiger partial charge is 0.201 e. The molecule has 0 aliphatic carbocycles. The zero-order valence-electron chi connectivity index (χ0n) is 13.7. The summed E-state index contributed by atoms with van der Waals surface area (Å²) in [5.74, 6) is 0. The Balaban J connectivity index is 1.87. The number of hydrogen-bond acceptors (Lipinski definition) is 1. The van der Waals surface area contributed by atoms with Gasteiger partial charge in [-0.2, -0.15) is 0 Å². The van der Waals surface area contributed by atoms with Gasteiger partial charge in [0.25, 0.3) is 0 Å². The second-order valence-corrected chi connectivity index (χ2v) is 6.61. The van der Waals surface area contributed by atoms with Gasteiger partial charge in [0.1, 0.15) is 0 Å². The van der Waals surface area contributed by atoms with E-state index < -0.39 is 0 Å². The third-order valence-corrected chi connectivity index (χ3v) is 4.71. The Morgan fingerprint density at radius 2 is 1.40 bits per heavy atom. The van der Waals surface area contributed by atoms with Crippen LogP contribution in [0.25, 0.3) is 0 Å². The summed E-state index contributed by atoms with van der Waals surface area (Å²) in [7, 11) is 0. The van der Waals surface area contributed by atoms with Crippen LogP contribution in [0.3, 0.4) is 0 Å². The highest BCUT2D eigenvalue weighted by Crippen LogP contribution is 2.18. The third-order valence-electron chi connectivity index (χ3n) is 4.71. The molecule has 0 aromatic heterocycles. The Labute approximate surface area is 126 Å². The molecule has 0 amide bonds. The van der Waals surface area contributed by atoms with E-state index in [0.29, 0.717) is 6.04 Å². The van der Waals surface area contributed by atoms with Crippen molar-refractivity contribution in [3.05, 3.63) is 4.91 Å². The van der Waals surface area contributed by atoms with E-state index in [9.17, 15) is 4.91 Å². The quantitative estimate of drug-likeness (QED) is 0.335. The summed E-state index contributed by atoms with van der Waals surface area (Å²) in [6.45, 7) is 3.06. The highest BCUT2D eigenvalue weighted by atomic mass is 16.3. The van der Waals surface area contributed by atoms with Crippen LogP contribution in [0.5, 0.6) is 0 Å². The molecule has 0 aromatic carbocycles. The smallest absolute Gasteiger partial charge is 0.0654 e. The van der Waals surface area contributed by atoms with Crippen LogP contribution in [0.1, 0.15) is 103 Å². The fourth-order valence-electron chi connectivity index (χ4n) is 3.31. The van der Waals surface area contributed by atoms with Crippen molar-refractivity contribution in [1.82, 2.24) is 0 Å². The Kier molecular flexibility index (Phi) is 10.9. The van der Waals surface area contributed by atoms with Crippen molar-refractivity contribution in [3.63, 3.8) is 0 Å². The van der Waals surface area contributed by atoms with Crippen LogP contribution < -0.4 is 0 Å². The van der Waals surface area contributed by atoms with Crippen molar-refractivity contribution in [3.8, 4) is 0 Å². The summed E-state index contributed by atoms with van der Waals surface area (Å²) >= 11 is 0. The molecular weight excluding hydrogens is 246 g/mol. The van der Waals surface area contributed by atoms with Crippen LogP contribution in [0, 0.1) is 4.91 Å². The molecule has 2 nitrogen and oxygen atoms in total. The SMILES string of the molecule is CCCCCCCCCCCCC1CCCCC[N+]1=O. The number of hydrogen-bond donors (Lipinski definition) is 0. The van der Waals surface area contributed by atoms with Crippen LogP contribution in [0.15, 0.2) is 0 Å². The minimum Gasteiger partial charge on any atom is -0.0654 e. The van der Waals surface area contributed by atoms with Crippen LogP contribution in [-0.4, -0.2) is 17.3 Å². The topological polar surface area (TPSA) is 20.1 Å². The minimum absolute atomic E-state index is 0.339. The fourth-order valence-corrected chi connectivity index (χ4v) is 3.31. The molecular formula is C18H36NO+. The predicted molar refractivity (Wildman–Crippen MR) is 87.2 cm³/mol. The van der Waals surface area contributed by atoms with Gasteiger partial charge in [0, 0.05) is 28.9 Å². The van der Waals surface area contributed by atoms with Gasteiger partial charge in [-0.05, 0) is 19.3 Å². The first-order chi connectivity index (χ1) is 9.84. The first kappa shape index (κ1) is 17.7. The van der Waals surface area contributed by atoms with Gasteiger partial charge >= 0.3 is 0 Å². The summed E-state index contributed by atoms with van der Waals surface area (Å²) in [6, 6.07) is 0.339. The van der Waals surface area contributed by atoms with Crippen molar-refractivity contribution >= 4 is 0 Å². The van der Waals surface area contributed by atoms with Crippen molar-refractivity contribution in [1.29, 1.82) is 0 Å². The molecule has 0 aromatic rings. The average Bonchev–Trinajstić information content (AvgIpc) is 2.66. The lowest BCUT2D eigenvalue weighted by molar-refractivity contribution is -0.585. The zero-order chi connectivity index (χ0) is 14.5. The van der Waals surface area contributed by atoms with Crippen LogP contribution in [-0.2, 0) is 0 Å². The molecule has 118 valence electrons. The van der Waals surface area contributed by atoms with Gasteiger partial charge in [-0.1, -0.05) is 64.7 Å². The molecule has 0 spiro atoms. The summed E-state index contributed by atoms with van der Waals surface area (Å²) < 4.78 is 1.38. The molecule has 0 saturated carbocycles. The van der Waals surface area contributed by atoms with Gasteiger partial charge < -0.3 is 0 Å². The van der Waals surface area contributed by atoms with Gasteiger partial charge in [-0.15, -0.1) is 0 Å². The molecule has 1 fully saturated rings. The fraction of sp³-hybridized carbons (Fsp3) is 1.00. The molecule has 1 unspecified atom stereocenters. The lowest BCUT2D eigenvalue weighted by Gasteiger charge is -2.06. The number of rotatable bonds is 11. The van der Waals surface area contributed by atoms with Crippen molar-refractivity contribution in [2.45, 2.75) is 109 Å². The maximum Gasteiger partial charge on any atom is 0.201 e. The Morgan fingerprint density at radius 3 is 2.05 bits per heavy atom. The summed E-state index contributed by atoms with van der Waals surface area (Å²) in [5, 5.41) is 0. The minimum atomic E-state index is 0.339. The first-order valence-electron chi connectivity index (χ1n) is 9.28. The molecule has 1 aliphatic rings. The highest BCUT2D eigenvalue weighted by molar-refractivity contribution is 4.61. The Bertz CT molecular complexity index is 240. The summed E-state index contributed by atoms with van der Waals surface area (Å²) in [6.07, 6.45) is 19.7. The summed E-state index contributed by atoms with van der Waals surface area (Å²) in [5.41, 5.74) is 0. The molecule has 1 rings (SSSR count). The maximum absolute atomic E-state index is 11.8. The zero-order valence-corrected chi connectivity index (χ0v) is 13.7. The van der Waals surface area contributed by atoms with E-state index in [-0.39, 0.29) is 0 Å². The maximum atomic E-state index is 11.8. The van der Waals surface area contributed by atoms with E-state index in [0.717, 1.165) is 25.8 Å². The number of nitrogens with zero attached hydrogens (tertiary/aromatic N) is 1. The van der Waals surface area contributed by atoms with Crippen molar-refractivity contribution < 1.29 is 4.76 Å². The van der Waals surface area contributed by atoms with E-state index in [2.05, 4.69) is 6.92 Å². The highest BCUT2D eigenvalue weighted by Gasteiger charge is 2.26. The average molecular weight is 282 g/mol. The van der Waals surface area contributed by atoms with Crippen molar-refractivity contribution in [2.75, 3.05) is 6.54 Å². The van der Waals surface area contributed by atoms with Crippen LogP contribution in [0.2, 0.25) is 0 Å². The molecule has 1 aliphatic heterocycles. The van der Waals surface area contributed by atoms with E-state index >= 15 is 0 Å². The van der Waals surface area contributed by atoms with Crippen LogP contribution >= 0.6 is 0 Å². The molecule has 2 heteroatoms. The van der Waals surface area contributed by atoms with Gasteiger partial charge in [-0.25, -0.2) is 0 Å². The Morgan fingerprint density at radius 1 is 0.800 bits per heavy atom. The normalized spacial score (nSPS) is 20.1. The lowest BCUT2D eigenvalue weighted by Crippen LogP contribution is -2.23. The monoisotopic (exact) mass is 282 g/mol. The molecule has 1 heterocycles. The van der Waals surface area contributed by atoms with E-state index in [1.165, 1.54) is 81.8 Å². The van der Waals surface area contributed by atoms with Crippen molar-refractivity contribution in [2.24, 2.45) is 0 Å². The summed E-state index contributed by atoms with van der Waals surface area (Å²) in [4.78, 5) is 11.8. The van der Waals surface area contributed by atoms with Crippen LogP contribution in [0.4, 0.5) is 0 Å². The number of unbranched alkanes of at least 4 members (excludes halogenated alkanes) is 9. The number of nitroso groups, excluding NO2 is 1. The van der Waals surface area contributed by atoms with E-state index in [4.69, 9.17) is 0 Å². The lowest BCUT2D eigenvalue weighted by atomic mass is 10.0. The third kappa shape index (κ3) is 8.71. The predicted octanol–water partition coefficient (Wildman–Crippen LogP) is 6.02. The second-order valence-electron chi connectivity index (χ2n) is 6.61. The van der Waals surface area contributed by atoms with Gasteiger partial charge in [0.05, 0.1) is 0 Å². The van der Waals surface area contributed by atoms with Gasteiger partial charge in [0.2, 0.25) is 6.04 Å². The first-order valence-corrected chi connectivity index (χ1v) is 9.28. The second kappa shape index (κ2) is 12.3. The van der Waals surface area contributed by atoms with Gasteiger partial charge in [0.15, 0.2) is 6.54 Å². The van der Waals surface area contributed by atoms with E-state index in [1.54, 1.807) is 0 Å².